The van der Waals surface area contributed by atoms with Gasteiger partial charge in [0.25, 0.3) is 0 Å². The van der Waals surface area contributed by atoms with Crippen molar-refractivity contribution in [2.24, 2.45) is 7.05 Å². The van der Waals surface area contributed by atoms with Gasteiger partial charge in [-0.3, -0.25) is 9.88 Å². The van der Waals surface area contributed by atoms with Crippen molar-refractivity contribution in [2.45, 2.75) is 25.2 Å². The lowest BCUT2D eigenvalue weighted by atomic mass is 10.0. The quantitative estimate of drug-likeness (QED) is 0.788. The summed E-state index contributed by atoms with van der Waals surface area (Å²) >= 11 is 0. The molecule has 6 heteroatoms. The van der Waals surface area contributed by atoms with E-state index in [-0.39, 0.29) is 6.10 Å². The third kappa shape index (κ3) is 3.50. The number of aliphatic hydroxyl groups excluding tert-OH is 1. The summed E-state index contributed by atoms with van der Waals surface area (Å²) in [6, 6.07) is 9.79. The minimum absolute atomic E-state index is 0.183. The first kappa shape index (κ1) is 16.1. The molecule has 0 aliphatic carbocycles. The van der Waals surface area contributed by atoms with Crippen molar-refractivity contribution in [3.63, 3.8) is 0 Å². The fourth-order valence-corrected chi connectivity index (χ4v) is 3.32. The number of hydrogen-bond donors (Lipinski definition) is 1. The van der Waals surface area contributed by atoms with Gasteiger partial charge < -0.3 is 14.4 Å². The molecule has 0 saturated carbocycles. The van der Waals surface area contributed by atoms with Gasteiger partial charge in [-0.05, 0) is 30.7 Å². The van der Waals surface area contributed by atoms with Crippen LogP contribution >= 0.6 is 0 Å². The van der Waals surface area contributed by atoms with Gasteiger partial charge >= 0.3 is 0 Å². The second kappa shape index (κ2) is 6.82. The molecule has 3 aromatic rings. The van der Waals surface area contributed by atoms with Gasteiger partial charge in [-0.2, -0.15) is 0 Å². The number of aromatic nitrogens is 3. The maximum atomic E-state index is 10.5. The first-order chi connectivity index (χ1) is 12.2. The highest BCUT2D eigenvalue weighted by atomic mass is 16.5. The van der Waals surface area contributed by atoms with Crippen LogP contribution in [0.5, 0.6) is 5.75 Å². The van der Waals surface area contributed by atoms with E-state index in [2.05, 4.69) is 14.9 Å². The molecule has 0 radical (unpaired) electrons. The largest absolute Gasteiger partial charge is 0.488 e. The van der Waals surface area contributed by atoms with Crippen LogP contribution in [0.1, 0.15) is 12.1 Å². The molecule has 25 heavy (non-hydrogen) atoms. The minimum atomic E-state index is -0.508. The predicted molar refractivity (Wildman–Crippen MR) is 95.3 cm³/mol. The molecule has 6 nitrogen and oxygen atoms in total. The molecule has 1 aliphatic heterocycles. The van der Waals surface area contributed by atoms with Crippen molar-refractivity contribution < 1.29 is 9.84 Å². The van der Waals surface area contributed by atoms with Gasteiger partial charge in [0, 0.05) is 44.5 Å². The average Bonchev–Trinajstić information content (AvgIpc) is 3.02. The Balaban J connectivity index is 1.39. The van der Waals surface area contributed by atoms with Crippen molar-refractivity contribution in [3.8, 4) is 5.75 Å². The van der Waals surface area contributed by atoms with E-state index in [0.717, 1.165) is 41.9 Å². The molecule has 1 fully saturated rings. The van der Waals surface area contributed by atoms with E-state index < -0.39 is 6.10 Å². The monoisotopic (exact) mass is 338 g/mol. The number of pyridine rings is 1. The second-order valence-electron chi connectivity index (χ2n) is 6.60. The zero-order valence-corrected chi connectivity index (χ0v) is 14.2. The van der Waals surface area contributed by atoms with E-state index in [1.165, 1.54) is 0 Å². The number of aryl methyl sites for hydroxylation is 1. The number of imidazole rings is 1. The molecule has 1 aliphatic rings. The normalized spacial score (nSPS) is 21.5. The summed E-state index contributed by atoms with van der Waals surface area (Å²) in [6.07, 6.45) is 5.56. The molecule has 2 atom stereocenters. The van der Waals surface area contributed by atoms with Gasteiger partial charge in [0.1, 0.15) is 18.0 Å². The molecule has 0 bridgehead atoms. The summed E-state index contributed by atoms with van der Waals surface area (Å²) in [5.74, 6) is 0.782. The Kier molecular flexibility index (Phi) is 4.38. The van der Waals surface area contributed by atoms with E-state index in [0.29, 0.717) is 6.54 Å². The summed E-state index contributed by atoms with van der Waals surface area (Å²) < 4.78 is 8.07. The Labute approximate surface area is 146 Å². The second-order valence-corrected chi connectivity index (χ2v) is 6.60. The molecule has 0 unspecified atom stereocenters. The summed E-state index contributed by atoms with van der Waals surface area (Å²) in [7, 11) is 1.99. The molecule has 3 heterocycles. The zero-order valence-electron chi connectivity index (χ0n) is 14.2. The maximum Gasteiger partial charge on any atom is 0.127 e. The third-order valence-electron chi connectivity index (χ3n) is 4.77. The van der Waals surface area contributed by atoms with E-state index >= 15 is 0 Å². The Morgan fingerprint density at radius 2 is 2.24 bits per heavy atom. The molecule has 0 amide bonds. The van der Waals surface area contributed by atoms with E-state index in [9.17, 15) is 5.11 Å². The Bertz CT molecular complexity index is 863. The van der Waals surface area contributed by atoms with Gasteiger partial charge in [0.15, 0.2) is 0 Å². The number of nitrogens with zero attached hydrogens (tertiary/aromatic N) is 4. The van der Waals surface area contributed by atoms with Crippen LogP contribution in [0.15, 0.2) is 49.1 Å². The molecule has 2 aromatic heterocycles. The van der Waals surface area contributed by atoms with Crippen molar-refractivity contribution in [1.29, 1.82) is 0 Å². The number of ether oxygens (including phenoxy) is 1. The third-order valence-corrected chi connectivity index (χ3v) is 4.77. The van der Waals surface area contributed by atoms with Crippen LogP contribution in [0.3, 0.4) is 0 Å². The van der Waals surface area contributed by atoms with Crippen LogP contribution in [-0.2, 0) is 13.6 Å². The Morgan fingerprint density at radius 3 is 3.04 bits per heavy atom. The molecule has 1 aromatic carbocycles. The highest BCUT2D eigenvalue weighted by Gasteiger charge is 2.29. The number of fused-ring (bicyclic) bond motifs is 1. The lowest BCUT2D eigenvalue weighted by Crippen LogP contribution is -2.48. The minimum Gasteiger partial charge on any atom is -0.488 e. The summed E-state index contributed by atoms with van der Waals surface area (Å²) in [5, 5.41) is 11.6. The molecule has 4 rings (SSSR count). The van der Waals surface area contributed by atoms with Gasteiger partial charge in [0.05, 0.1) is 17.5 Å². The van der Waals surface area contributed by atoms with E-state index in [4.69, 9.17) is 4.74 Å². The molecular formula is C19H22N4O2. The van der Waals surface area contributed by atoms with Crippen molar-refractivity contribution >= 4 is 10.9 Å². The van der Waals surface area contributed by atoms with Gasteiger partial charge in [-0.1, -0.05) is 6.07 Å². The number of likely N-dealkylation sites (tertiary alicyclic amines) is 1. The summed E-state index contributed by atoms with van der Waals surface area (Å²) in [5.41, 5.74) is 2.09. The van der Waals surface area contributed by atoms with Crippen LogP contribution in [-0.4, -0.2) is 49.8 Å². The molecule has 0 spiro atoms. The summed E-state index contributed by atoms with van der Waals surface area (Å²) in [4.78, 5) is 10.7. The van der Waals surface area contributed by atoms with Crippen LogP contribution in [0.4, 0.5) is 0 Å². The molecular weight excluding hydrogens is 316 g/mol. The smallest absolute Gasteiger partial charge is 0.127 e. The van der Waals surface area contributed by atoms with Gasteiger partial charge in [0.2, 0.25) is 0 Å². The van der Waals surface area contributed by atoms with Crippen molar-refractivity contribution in [2.75, 3.05) is 13.1 Å². The highest BCUT2D eigenvalue weighted by Crippen LogP contribution is 2.23. The summed E-state index contributed by atoms with van der Waals surface area (Å²) in [6.45, 7) is 2.29. The fraction of sp³-hybridized carbons (Fsp3) is 0.368. The van der Waals surface area contributed by atoms with Crippen molar-refractivity contribution in [3.05, 3.63) is 54.7 Å². The number of rotatable bonds is 4. The van der Waals surface area contributed by atoms with Crippen molar-refractivity contribution in [1.82, 2.24) is 19.4 Å². The number of piperidine rings is 1. The Hall–Kier alpha value is -2.44. The lowest BCUT2D eigenvalue weighted by Gasteiger charge is -2.35. The Morgan fingerprint density at radius 1 is 1.32 bits per heavy atom. The van der Waals surface area contributed by atoms with Gasteiger partial charge in [-0.15, -0.1) is 0 Å². The predicted octanol–water partition coefficient (Wildman–Crippen LogP) is 1.98. The number of benzene rings is 1. The average molecular weight is 338 g/mol. The number of hydrogen-bond acceptors (Lipinski definition) is 5. The first-order valence-electron chi connectivity index (χ1n) is 8.56. The fourth-order valence-electron chi connectivity index (χ4n) is 3.32. The van der Waals surface area contributed by atoms with E-state index in [1.54, 1.807) is 12.5 Å². The molecule has 1 N–H and O–H groups in total. The number of β-amino-alcohol motifs (C(OH)–C–C–N with tert-alkyl or cyclic N) is 1. The maximum absolute atomic E-state index is 10.5. The van der Waals surface area contributed by atoms with Crippen LogP contribution < -0.4 is 4.74 Å². The first-order valence-corrected chi connectivity index (χ1v) is 8.56. The highest BCUT2D eigenvalue weighted by molar-refractivity contribution is 5.79. The standard InChI is InChI=1S/C19H22N4O2/c1-22-13-20-10-15(22)11-23-8-6-19(18(24)12-23)25-16-4-5-17-14(9-16)3-2-7-21-17/h2-5,7,9-10,13,18-19,24H,6,8,11-12H2,1H3/t18-,19-/m1/s1. The number of aliphatic hydroxyl groups is 1. The van der Waals surface area contributed by atoms with Crippen LogP contribution in [0.2, 0.25) is 0 Å². The topological polar surface area (TPSA) is 63.4 Å². The van der Waals surface area contributed by atoms with Crippen LogP contribution in [0, 0.1) is 0 Å². The SMILES string of the molecule is Cn1cncc1CN1CC[C@@H](Oc2ccc3ncccc3c2)[C@H](O)C1. The lowest BCUT2D eigenvalue weighted by molar-refractivity contribution is -0.0279. The van der Waals surface area contributed by atoms with Crippen LogP contribution in [0.25, 0.3) is 10.9 Å². The van der Waals surface area contributed by atoms with E-state index in [1.807, 2.05) is 48.1 Å². The zero-order chi connectivity index (χ0) is 17.2. The molecule has 1 saturated heterocycles. The van der Waals surface area contributed by atoms with Gasteiger partial charge in [-0.25, -0.2) is 4.98 Å². The molecule has 130 valence electrons.